The van der Waals surface area contributed by atoms with Crippen LogP contribution in [0.4, 0.5) is 0 Å². The molecule has 1 aliphatic carbocycles. The predicted octanol–water partition coefficient (Wildman–Crippen LogP) is 1.94. The minimum Gasteiger partial charge on any atom is -0.496 e. The van der Waals surface area contributed by atoms with Crippen molar-refractivity contribution in [1.29, 1.82) is 0 Å². The maximum absolute atomic E-state index is 6.04. The summed E-state index contributed by atoms with van der Waals surface area (Å²) in [4.78, 5) is 0. The second kappa shape index (κ2) is 5.29. The Hall–Kier alpha value is -1.06. The van der Waals surface area contributed by atoms with Gasteiger partial charge in [0, 0.05) is 12.1 Å². The van der Waals surface area contributed by atoms with Gasteiger partial charge in [-0.25, -0.2) is 0 Å². The summed E-state index contributed by atoms with van der Waals surface area (Å²) < 4.78 is 5.33. The quantitative estimate of drug-likeness (QED) is 0.756. The van der Waals surface area contributed by atoms with Crippen molar-refractivity contribution >= 4 is 0 Å². The van der Waals surface area contributed by atoms with Gasteiger partial charge in [0.25, 0.3) is 0 Å². The number of rotatable bonds is 6. The summed E-state index contributed by atoms with van der Waals surface area (Å²) in [7, 11) is 1.72. The second-order valence-electron chi connectivity index (χ2n) is 5.54. The van der Waals surface area contributed by atoms with Crippen LogP contribution in [0, 0.1) is 13.8 Å². The van der Waals surface area contributed by atoms with Gasteiger partial charge in [0.1, 0.15) is 5.75 Å². The van der Waals surface area contributed by atoms with Gasteiger partial charge < -0.3 is 15.8 Å². The molecule has 0 bridgehead atoms. The lowest BCUT2D eigenvalue weighted by molar-refractivity contribution is 0.411. The van der Waals surface area contributed by atoms with Gasteiger partial charge in [-0.05, 0) is 62.4 Å². The molecule has 0 atom stereocenters. The van der Waals surface area contributed by atoms with Crippen LogP contribution in [0.15, 0.2) is 12.1 Å². The number of methoxy groups -OCH3 is 1. The second-order valence-corrected chi connectivity index (χ2v) is 5.54. The van der Waals surface area contributed by atoms with Crippen molar-refractivity contribution in [1.82, 2.24) is 5.32 Å². The molecule has 0 saturated heterocycles. The average molecular weight is 248 g/mol. The molecular formula is C15H24N2O. The number of ether oxygens (including phenoxy) is 1. The first kappa shape index (κ1) is 13.4. The molecule has 0 unspecified atom stereocenters. The Morgan fingerprint density at radius 2 is 2.00 bits per heavy atom. The van der Waals surface area contributed by atoms with E-state index in [9.17, 15) is 0 Å². The number of hydrogen-bond donors (Lipinski definition) is 2. The normalized spacial score (nSPS) is 16.7. The van der Waals surface area contributed by atoms with Crippen LogP contribution in [0.1, 0.15) is 29.5 Å². The van der Waals surface area contributed by atoms with Crippen LogP contribution in [-0.2, 0) is 6.42 Å². The smallest absolute Gasteiger partial charge is 0.122 e. The molecular weight excluding hydrogens is 224 g/mol. The van der Waals surface area contributed by atoms with Gasteiger partial charge >= 0.3 is 0 Å². The molecule has 0 radical (unpaired) electrons. The first-order valence-electron chi connectivity index (χ1n) is 6.68. The van der Waals surface area contributed by atoms with Crippen LogP contribution in [0.3, 0.4) is 0 Å². The molecule has 100 valence electrons. The lowest BCUT2D eigenvalue weighted by Gasteiger charge is -2.13. The molecule has 3 nitrogen and oxygen atoms in total. The standard InChI is InChI=1S/C15H24N2O/c1-11-9-14(18-3)12(2)8-13(11)4-7-17-10-15(16)5-6-15/h8-9,17H,4-7,10,16H2,1-3H3. The summed E-state index contributed by atoms with van der Waals surface area (Å²) in [5.74, 6) is 0.975. The summed E-state index contributed by atoms with van der Waals surface area (Å²) in [6, 6.07) is 4.35. The summed E-state index contributed by atoms with van der Waals surface area (Å²) >= 11 is 0. The fraction of sp³-hybridized carbons (Fsp3) is 0.600. The zero-order valence-electron chi connectivity index (χ0n) is 11.7. The van der Waals surface area contributed by atoms with Crippen LogP contribution in [0.2, 0.25) is 0 Å². The van der Waals surface area contributed by atoms with Gasteiger partial charge in [0.2, 0.25) is 0 Å². The fourth-order valence-electron chi connectivity index (χ4n) is 2.24. The molecule has 0 aromatic heterocycles. The van der Waals surface area contributed by atoms with Gasteiger partial charge in [-0.2, -0.15) is 0 Å². The SMILES string of the molecule is COc1cc(C)c(CCNCC2(N)CC2)cc1C. The lowest BCUT2D eigenvalue weighted by Crippen LogP contribution is -2.36. The Kier molecular flexibility index (Phi) is 3.93. The highest BCUT2D eigenvalue weighted by molar-refractivity contribution is 5.41. The minimum atomic E-state index is 0.102. The molecule has 2 rings (SSSR count). The van der Waals surface area contributed by atoms with E-state index in [-0.39, 0.29) is 5.54 Å². The summed E-state index contributed by atoms with van der Waals surface area (Å²) in [6.45, 7) is 6.17. The lowest BCUT2D eigenvalue weighted by atomic mass is 10.0. The first-order valence-corrected chi connectivity index (χ1v) is 6.68. The average Bonchev–Trinajstić information content (AvgIpc) is 3.07. The third-order valence-electron chi connectivity index (χ3n) is 3.79. The van der Waals surface area contributed by atoms with Gasteiger partial charge in [0.15, 0.2) is 0 Å². The maximum atomic E-state index is 6.04. The number of aryl methyl sites for hydroxylation is 2. The van der Waals surface area contributed by atoms with Crippen LogP contribution in [0.25, 0.3) is 0 Å². The van der Waals surface area contributed by atoms with E-state index in [0.29, 0.717) is 0 Å². The van der Waals surface area contributed by atoms with Crippen molar-refractivity contribution in [2.24, 2.45) is 5.73 Å². The Balaban J connectivity index is 1.86. The van der Waals surface area contributed by atoms with Gasteiger partial charge in [0.05, 0.1) is 7.11 Å². The molecule has 1 aromatic carbocycles. The molecule has 0 aliphatic heterocycles. The first-order chi connectivity index (χ1) is 8.54. The van der Waals surface area contributed by atoms with E-state index in [4.69, 9.17) is 10.5 Å². The number of hydrogen-bond acceptors (Lipinski definition) is 3. The van der Waals surface area contributed by atoms with Crippen molar-refractivity contribution in [2.45, 2.75) is 38.6 Å². The molecule has 0 amide bonds. The van der Waals surface area contributed by atoms with E-state index in [2.05, 4.69) is 31.3 Å². The molecule has 3 heteroatoms. The molecule has 1 saturated carbocycles. The molecule has 0 spiro atoms. The zero-order chi connectivity index (χ0) is 13.2. The van der Waals surface area contributed by atoms with Gasteiger partial charge in [-0.1, -0.05) is 6.07 Å². The number of benzene rings is 1. The number of nitrogens with two attached hydrogens (primary N) is 1. The third kappa shape index (κ3) is 3.24. The zero-order valence-corrected chi connectivity index (χ0v) is 11.7. The van der Waals surface area contributed by atoms with Crippen molar-refractivity contribution in [3.05, 3.63) is 28.8 Å². The topological polar surface area (TPSA) is 47.3 Å². The molecule has 18 heavy (non-hydrogen) atoms. The van der Waals surface area contributed by atoms with E-state index < -0.39 is 0 Å². The van der Waals surface area contributed by atoms with Crippen molar-refractivity contribution in [3.63, 3.8) is 0 Å². The van der Waals surface area contributed by atoms with Crippen molar-refractivity contribution < 1.29 is 4.74 Å². The predicted molar refractivity (Wildman–Crippen MR) is 75.2 cm³/mol. The Bertz CT molecular complexity index is 425. The highest BCUT2D eigenvalue weighted by Gasteiger charge is 2.37. The third-order valence-corrected chi connectivity index (χ3v) is 3.79. The number of nitrogens with one attached hydrogen (secondary N) is 1. The Morgan fingerprint density at radius 3 is 2.61 bits per heavy atom. The van der Waals surface area contributed by atoms with Crippen LogP contribution >= 0.6 is 0 Å². The van der Waals surface area contributed by atoms with E-state index >= 15 is 0 Å². The van der Waals surface area contributed by atoms with E-state index in [1.807, 2.05) is 0 Å². The van der Waals surface area contributed by atoms with Gasteiger partial charge in [-0.15, -0.1) is 0 Å². The van der Waals surface area contributed by atoms with E-state index in [0.717, 1.165) is 25.3 Å². The largest absolute Gasteiger partial charge is 0.496 e. The summed E-state index contributed by atoms with van der Waals surface area (Å²) in [5.41, 5.74) is 10.0. The van der Waals surface area contributed by atoms with Gasteiger partial charge in [-0.3, -0.25) is 0 Å². The van der Waals surface area contributed by atoms with E-state index in [1.54, 1.807) is 7.11 Å². The van der Waals surface area contributed by atoms with Crippen LogP contribution in [-0.4, -0.2) is 25.7 Å². The van der Waals surface area contributed by atoms with E-state index in [1.165, 1.54) is 29.5 Å². The fourth-order valence-corrected chi connectivity index (χ4v) is 2.24. The Labute approximate surface area is 110 Å². The molecule has 1 aromatic rings. The molecule has 3 N–H and O–H groups in total. The molecule has 1 fully saturated rings. The van der Waals surface area contributed by atoms with Crippen LogP contribution < -0.4 is 15.8 Å². The highest BCUT2D eigenvalue weighted by atomic mass is 16.5. The monoisotopic (exact) mass is 248 g/mol. The summed E-state index contributed by atoms with van der Waals surface area (Å²) in [6.07, 6.45) is 3.38. The minimum absolute atomic E-state index is 0.102. The maximum Gasteiger partial charge on any atom is 0.122 e. The highest BCUT2D eigenvalue weighted by Crippen LogP contribution is 2.31. The summed E-state index contributed by atoms with van der Waals surface area (Å²) in [5, 5.41) is 3.46. The van der Waals surface area contributed by atoms with Crippen molar-refractivity contribution in [2.75, 3.05) is 20.2 Å². The van der Waals surface area contributed by atoms with Crippen molar-refractivity contribution in [3.8, 4) is 5.75 Å². The molecule has 1 aliphatic rings. The van der Waals surface area contributed by atoms with Crippen LogP contribution in [0.5, 0.6) is 5.75 Å². The Morgan fingerprint density at radius 1 is 1.28 bits per heavy atom. The molecule has 0 heterocycles.